The fourth-order valence-corrected chi connectivity index (χ4v) is 4.45. The van der Waals surface area contributed by atoms with E-state index in [-0.39, 0.29) is 18.6 Å². The van der Waals surface area contributed by atoms with E-state index in [9.17, 15) is 20.0 Å². The molecule has 8 heteroatoms. The third kappa shape index (κ3) is 6.30. The van der Waals surface area contributed by atoms with Crippen molar-refractivity contribution in [1.29, 1.82) is 5.26 Å². The van der Waals surface area contributed by atoms with Crippen LogP contribution in [0, 0.1) is 31.1 Å². The predicted octanol–water partition coefficient (Wildman–Crippen LogP) is 5.24. The van der Waals surface area contributed by atoms with E-state index in [1.807, 2.05) is 39.0 Å². The van der Waals surface area contributed by atoms with Gasteiger partial charge in [0, 0.05) is 24.7 Å². The number of pyridine rings is 1. The number of nitrogens with zero attached hydrogens (tertiary/aromatic N) is 3. The largest absolute Gasteiger partial charge is 0.489 e. The van der Waals surface area contributed by atoms with Gasteiger partial charge >= 0.3 is 12.1 Å². The van der Waals surface area contributed by atoms with Gasteiger partial charge in [-0.2, -0.15) is 5.26 Å². The molecule has 1 amide bonds. The van der Waals surface area contributed by atoms with Crippen LogP contribution in [0.25, 0.3) is 11.3 Å². The standard InChI is InChI=1S/C27H33N3O5/c1-5-13-30(4)27(33)34-16-23-17(2)20(15-28)9-10-22(23)24-11-12-25(18(3)29-24)35-21-8-6-7-19(14-21)26(31)32/h9-12,19,21H,5-8,13-14,16H2,1-4H3,(H,31,32)/t19-,21-/m0/s1. The van der Waals surface area contributed by atoms with Crippen molar-refractivity contribution in [2.45, 2.75) is 65.6 Å². The molecule has 1 aliphatic carbocycles. The lowest BCUT2D eigenvalue weighted by atomic mass is 9.87. The van der Waals surface area contributed by atoms with Crippen LogP contribution < -0.4 is 4.74 Å². The summed E-state index contributed by atoms with van der Waals surface area (Å²) in [6, 6.07) is 9.45. The molecule has 0 unspecified atom stereocenters. The molecule has 35 heavy (non-hydrogen) atoms. The minimum absolute atomic E-state index is 0.0290. The van der Waals surface area contributed by atoms with Crippen molar-refractivity contribution < 1.29 is 24.2 Å². The van der Waals surface area contributed by atoms with E-state index in [0.29, 0.717) is 42.1 Å². The van der Waals surface area contributed by atoms with Gasteiger partial charge in [-0.3, -0.25) is 4.79 Å². The van der Waals surface area contributed by atoms with Crippen LogP contribution in [0.15, 0.2) is 24.3 Å². The zero-order valence-electron chi connectivity index (χ0n) is 20.8. The van der Waals surface area contributed by atoms with E-state index >= 15 is 0 Å². The van der Waals surface area contributed by atoms with Gasteiger partial charge in [0.2, 0.25) is 0 Å². The third-order valence-electron chi connectivity index (χ3n) is 6.51. The van der Waals surface area contributed by atoms with Gasteiger partial charge in [-0.05, 0) is 69.7 Å². The monoisotopic (exact) mass is 479 g/mol. The Balaban J connectivity index is 1.84. The first-order chi connectivity index (χ1) is 16.7. The van der Waals surface area contributed by atoms with E-state index in [1.54, 1.807) is 13.1 Å². The van der Waals surface area contributed by atoms with E-state index in [2.05, 4.69) is 6.07 Å². The number of aryl methyl sites for hydroxylation is 1. The number of aromatic nitrogens is 1. The molecule has 0 bridgehead atoms. The molecule has 8 nitrogen and oxygen atoms in total. The molecule has 0 aliphatic heterocycles. The molecular weight excluding hydrogens is 446 g/mol. The third-order valence-corrected chi connectivity index (χ3v) is 6.51. The Bertz CT molecular complexity index is 1120. The van der Waals surface area contributed by atoms with Crippen molar-refractivity contribution in [2.75, 3.05) is 13.6 Å². The quantitative estimate of drug-likeness (QED) is 0.551. The summed E-state index contributed by atoms with van der Waals surface area (Å²) in [5.41, 5.74) is 4.15. The number of carbonyl (C=O) groups excluding carboxylic acids is 1. The summed E-state index contributed by atoms with van der Waals surface area (Å²) in [6.07, 6.45) is 3.09. The van der Waals surface area contributed by atoms with E-state index in [1.165, 1.54) is 4.90 Å². The SMILES string of the molecule is CCCN(C)C(=O)OCc1c(-c2ccc(O[C@H]3CCC[C@H](C(=O)O)C3)c(C)n2)ccc(C#N)c1C. The van der Waals surface area contributed by atoms with E-state index in [0.717, 1.165) is 36.0 Å². The second-order valence-electron chi connectivity index (χ2n) is 9.07. The number of rotatable bonds is 8. The van der Waals surface area contributed by atoms with Crippen molar-refractivity contribution in [1.82, 2.24) is 9.88 Å². The molecule has 2 aromatic rings. The molecule has 186 valence electrons. The molecule has 2 atom stereocenters. The first-order valence-corrected chi connectivity index (χ1v) is 12.0. The summed E-state index contributed by atoms with van der Waals surface area (Å²) in [5, 5.41) is 18.8. The average molecular weight is 480 g/mol. The fraction of sp³-hybridized carbons (Fsp3) is 0.481. The first-order valence-electron chi connectivity index (χ1n) is 12.0. The summed E-state index contributed by atoms with van der Waals surface area (Å²) in [6.45, 7) is 6.31. The molecule has 1 aromatic carbocycles. The summed E-state index contributed by atoms with van der Waals surface area (Å²) >= 11 is 0. The van der Waals surface area contributed by atoms with Crippen LogP contribution >= 0.6 is 0 Å². The van der Waals surface area contributed by atoms with Gasteiger partial charge in [0.05, 0.1) is 35.0 Å². The predicted molar refractivity (Wildman–Crippen MR) is 131 cm³/mol. The van der Waals surface area contributed by atoms with Gasteiger partial charge in [0.1, 0.15) is 12.4 Å². The zero-order valence-corrected chi connectivity index (χ0v) is 20.8. The normalized spacial score (nSPS) is 17.3. The van der Waals surface area contributed by atoms with Crippen LogP contribution in [0.3, 0.4) is 0 Å². The van der Waals surface area contributed by atoms with Crippen molar-refractivity contribution in [3.63, 3.8) is 0 Å². The van der Waals surface area contributed by atoms with Gasteiger partial charge in [0.25, 0.3) is 0 Å². The average Bonchev–Trinajstić information content (AvgIpc) is 2.84. The van der Waals surface area contributed by atoms with Crippen LogP contribution in [0.5, 0.6) is 5.75 Å². The minimum atomic E-state index is -0.770. The number of ether oxygens (including phenoxy) is 2. The Morgan fingerprint density at radius 1 is 1.23 bits per heavy atom. The van der Waals surface area contributed by atoms with Crippen molar-refractivity contribution >= 4 is 12.1 Å². The Morgan fingerprint density at radius 2 is 2.00 bits per heavy atom. The van der Waals surface area contributed by atoms with E-state index in [4.69, 9.17) is 14.5 Å². The molecule has 1 heterocycles. The maximum Gasteiger partial charge on any atom is 0.409 e. The summed E-state index contributed by atoms with van der Waals surface area (Å²) in [5.74, 6) is -0.511. The van der Waals surface area contributed by atoms with Crippen LogP contribution in [0.4, 0.5) is 4.79 Å². The lowest BCUT2D eigenvalue weighted by molar-refractivity contribution is -0.143. The summed E-state index contributed by atoms with van der Waals surface area (Å²) in [7, 11) is 1.69. The smallest absolute Gasteiger partial charge is 0.409 e. The van der Waals surface area contributed by atoms with Gasteiger partial charge in [-0.25, -0.2) is 9.78 Å². The lowest BCUT2D eigenvalue weighted by Crippen LogP contribution is -2.29. The second-order valence-corrected chi connectivity index (χ2v) is 9.07. The first kappa shape index (κ1) is 26.0. The molecule has 1 N–H and O–H groups in total. The molecule has 1 fully saturated rings. The van der Waals surface area contributed by atoms with Gasteiger partial charge in [0.15, 0.2) is 0 Å². The Hall–Kier alpha value is -3.60. The Kier molecular flexibility index (Phi) is 8.69. The number of benzene rings is 1. The molecule has 1 aliphatic rings. The Labute approximate surface area is 206 Å². The highest BCUT2D eigenvalue weighted by atomic mass is 16.6. The second kappa shape index (κ2) is 11.7. The van der Waals surface area contributed by atoms with Gasteiger partial charge in [-0.1, -0.05) is 13.0 Å². The maximum atomic E-state index is 12.3. The van der Waals surface area contributed by atoms with Crippen LogP contribution in [-0.2, 0) is 16.1 Å². The minimum Gasteiger partial charge on any atom is -0.489 e. The molecule has 0 spiro atoms. The number of aliphatic carboxylic acids is 1. The molecule has 3 rings (SSSR count). The molecule has 0 saturated heterocycles. The fourth-order valence-electron chi connectivity index (χ4n) is 4.45. The maximum absolute atomic E-state index is 12.3. The Morgan fingerprint density at radius 3 is 2.66 bits per heavy atom. The number of amides is 1. The number of hydrogen-bond donors (Lipinski definition) is 1. The number of carbonyl (C=O) groups is 2. The summed E-state index contributed by atoms with van der Waals surface area (Å²) < 4.78 is 11.7. The lowest BCUT2D eigenvalue weighted by Gasteiger charge is -2.27. The van der Waals surface area contributed by atoms with Crippen molar-refractivity contribution in [2.24, 2.45) is 5.92 Å². The highest BCUT2D eigenvalue weighted by Gasteiger charge is 2.28. The van der Waals surface area contributed by atoms with Crippen molar-refractivity contribution in [3.05, 3.63) is 46.6 Å². The van der Waals surface area contributed by atoms with Crippen LogP contribution in [-0.4, -0.2) is 46.7 Å². The topological polar surface area (TPSA) is 113 Å². The molecule has 1 aromatic heterocycles. The zero-order chi connectivity index (χ0) is 25.5. The number of carboxylic acid groups (broad SMARTS) is 1. The number of nitriles is 1. The summed E-state index contributed by atoms with van der Waals surface area (Å²) in [4.78, 5) is 30.0. The molecular formula is C27H33N3O5. The highest BCUT2D eigenvalue weighted by Crippen LogP contribution is 2.32. The van der Waals surface area contributed by atoms with Gasteiger partial charge in [-0.15, -0.1) is 0 Å². The highest BCUT2D eigenvalue weighted by molar-refractivity contribution is 5.71. The van der Waals surface area contributed by atoms with Crippen LogP contribution in [0.1, 0.15) is 61.4 Å². The van der Waals surface area contributed by atoms with Crippen LogP contribution in [0.2, 0.25) is 0 Å². The van der Waals surface area contributed by atoms with Gasteiger partial charge < -0.3 is 19.5 Å². The van der Waals surface area contributed by atoms with Crippen molar-refractivity contribution in [3.8, 4) is 23.1 Å². The molecule has 0 radical (unpaired) electrons. The molecule has 1 saturated carbocycles. The van der Waals surface area contributed by atoms with E-state index < -0.39 is 12.1 Å². The number of hydrogen-bond acceptors (Lipinski definition) is 6. The number of carboxylic acids is 1.